The lowest BCUT2D eigenvalue weighted by Gasteiger charge is -2.13. The molecular weight excluding hydrogens is 286 g/mol. The molecule has 0 fully saturated rings. The molecule has 0 aliphatic heterocycles. The average molecular weight is 312 g/mol. The third-order valence-corrected chi connectivity index (χ3v) is 2.49. The summed E-state index contributed by atoms with van der Waals surface area (Å²) in [6.07, 6.45) is 3.77. The third-order valence-electron chi connectivity index (χ3n) is 2.49. The van der Waals surface area contributed by atoms with Gasteiger partial charge in [0.1, 0.15) is 12.4 Å². The number of halogens is 2. The molecule has 0 aromatic heterocycles. The number of ether oxygens (including phenoxy) is 1. The summed E-state index contributed by atoms with van der Waals surface area (Å²) >= 11 is 0. The second kappa shape index (κ2) is 10.8. The van der Waals surface area contributed by atoms with Gasteiger partial charge in [-0.2, -0.15) is 0 Å². The van der Waals surface area contributed by atoms with Crippen LogP contribution in [0.4, 0.5) is 14.5 Å². The summed E-state index contributed by atoms with van der Waals surface area (Å²) in [5.74, 6) is -2.06. The van der Waals surface area contributed by atoms with E-state index in [0.717, 1.165) is 12.6 Å². The molecule has 1 aromatic carbocycles. The normalized spacial score (nSPS) is 11.9. The summed E-state index contributed by atoms with van der Waals surface area (Å²) in [5.41, 5.74) is 1.47. The molecule has 0 atom stereocenters. The lowest BCUT2D eigenvalue weighted by molar-refractivity contribution is 0.0368. The summed E-state index contributed by atoms with van der Waals surface area (Å²) in [6.45, 7) is 6.78. The van der Waals surface area contributed by atoms with E-state index in [9.17, 15) is 8.78 Å². The first-order valence-corrected chi connectivity index (χ1v) is 7.37. The van der Waals surface area contributed by atoms with Crippen molar-refractivity contribution in [3.05, 3.63) is 36.4 Å². The highest BCUT2D eigenvalue weighted by molar-refractivity contribution is 5.96. The Morgan fingerprint density at radius 2 is 1.86 bits per heavy atom. The second-order valence-corrected chi connectivity index (χ2v) is 4.45. The molecule has 0 aliphatic carbocycles. The van der Waals surface area contributed by atoms with E-state index in [1.807, 2.05) is 32.9 Å². The predicted molar refractivity (Wildman–Crippen MR) is 90.6 cm³/mol. The van der Waals surface area contributed by atoms with Crippen LogP contribution in [0.15, 0.2) is 41.4 Å². The zero-order valence-electron chi connectivity index (χ0n) is 14.0. The number of aliphatic imine (C=N–C) groups is 1. The lowest BCUT2D eigenvalue weighted by Crippen LogP contribution is -2.22. The van der Waals surface area contributed by atoms with Crippen molar-refractivity contribution in [1.82, 2.24) is 0 Å². The second-order valence-electron chi connectivity index (χ2n) is 4.45. The van der Waals surface area contributed by atoms with Crippen LogP contribution >= 0.6 is 0 Å². The van der Waals surface area contributed by atoms with Gasteiger partial charge in [-0.3, -0.25) is 4.99 Å². The molecule has 0 amide bonds. The number of alkyl halides is 2. The highest BCUT2D eigenvalue weighted by atomic mass is 19.3. The van der Waals surface area contributed by atoms with E-state index in [1.54, 1.807) is 31.3 Å². The Morgan fingerprint density at radius 3 is 2.32 bits per heavy atom. The summed E-state index contributed by atoms with van der Waals surface area (Å²) in [7, 11) is 1.70. The Hall–Kier alpha value is -1.91. The van der Waals surface area contributed by atoms with Crippen LogP contribution in [0.1, 0.15) is 27.7 Å². The van der Waals surface area contributed by atoms with Gasteiger partial charge >= 0.3 is 0 Å². The predicted octanol–water partition coefficient (Wildman–Crippen LogP) is 4.81. The van der Waals surface area contributed by atoms with Gasteiger partial charge in [0.2, 0.25) is 0 Å². The first-order chi connectivity index (χ1) is 10.4. The van der Waals surface area contributed by atoms with Gasteiger partial charge in [-0.05, 0) is 37.3 Å². The van der Waals surface area contributed by atoms with E-state index in [0.29, 0.717) is 18.0 Å². The topological polar surface area (TPSA) is 33.6 Å². The van der Waals surface area contributed by atoms with Crippen LogP contribution in [0.5, 0.6) is 5.75 Å². The molecule has 22 heavy (non-hydrogen) atoms. The van der Waals surface area contributed by atoms with Crippen LogP contribution in [0.3, 0.4) is 0 Å². The molecule has 1 N–H and O–H groups in total. The number of nitrogens with one attached hydrogen (secondary N) is 1. The fourth-order valence-electron chi connectivity index (χ4n) is 1.46. The van der Waals surface area contributed by atoms with Crippen molar-refractivity contribution in [1.29, 1.82) is 0 Å². The zero-order valence-corrected chi connectivity index (χ0v) is 14.0. The minimum Gasteiger partial charge on any atom is -0.487 e. The van der Waals surface area contributed by atoms with Crippen molar-refractivity contribution in [2.75, 3.05) is 25.5 Å². The third kappa shape index (κ3) is 9.10. The SMILES string of the molecule is C/C=C\C(COc1ccc(NCC(C)(F)F)cc1)=NC.CC. The number of nitrogens with zero attached hydrogens (tertiary/aromatic N) is 1. The van der Waals surface area contributed by atoms with E-state index >= 15 is 0 Å². The highest BCUT2D eigenvalue weighted by Gasteiger charge is 2.20. The quantitative estimate of drug-likeness (QED) is 0.733. The minimum atomic E-state index is -2.73. The molecule has 3 nitrogen and oxygen atoms in total. The van der Waals surface area contributed by atoms with Gasteiger partial charge in [-0.25, -0.2) is 8.78 Å². The number of anilines is 1. The maximum Gasteiger partial charge on any atom is 0.262 e. The smallest absolute Gasteiger partial charge is 0.262 e. The zero-order chi connectivity index (χ0) is 17.0. The molecule has 0 unspecified atom stereocenters. The van der Waals surface area contributed by atoms with Crippen molar-refractivity contribution in [3.8, 4) is 5.75 Å². The number of hydrogen-bond donors (Lipinski definition) is 1. The van der Waals surface area contributed by atoms with Crippen molar-refractivity contribution in [2.45, 2.75) is 33.6 Å². The van der Waals surface area contributed by atoms with Gasteiger partial charge in [-0.1, -0.05) is 19.9 Å². The number of rotatable bonds is 7. The van der Waals surface area contributed by atoms with Gasteiger partial charge in [0.15, 0.2) is 0 Å². The van der Waals surface area contributed by atoms with Crippen molar-refractivity contribution >= 4 is 11.4 Å². The number of benzene rings is 1. The molecule has 0 saturated carbocycles. The van der Waals surface area contributed by atoms with Crippen molar-refractivity contribution in [3.63, 3.8) is 0 Å². The maximum atomic E-state index is 12.7. The number of hydrogen-bond acceptors (Lipinski definition) is 3. The van der Waals surface area contributed by atoms with E-state index in [4.69, 9.17) is 4.74 Å². The Balaban J connectivity index is 0.00000211. The molecular formula is C17H26F2N2O. The molecule has 1 aromatic rings. The summed E-state index contributed by atoms with van der Waals surface area (Å²) < 4.78 is 31.0. The van der Waals surface area contributed by atoms with Crippen LogP contribution in [-0.2, 0) is 0 Å². The Morgan fingerprint density at radius 1 is 1.27 bits per heavy atom. The Labute approximate surface area is 132 Å². The molecule has 0 radical (unpaired) electrons. The van der Waals surface area contributed by atoms with Crippen LogP contribution < -0.4 is 10.1 Å². The summed E-state index contributed by atoms with van der Waals surface area (Å²) in [5, 5.41) is 2.67. The van der Waals surface area contributed by atoms with Gasteiger partial charge in [0, 0.05) is 19.7 Å². The van der Waals surface area contributed by atoms with E-state index < -0.39 is 5.92 Å². The lowest BCUT2D eigenvalue weighted by atomic mass is 10.3. The fraction of sp³-hybridized carbons (Fsp3) is 0.471. The van der Waals surface area contributed by atoms with Gasteiger partial charge in [0.25, 0.3) is 5.92 Å². The molecule has 1 rings (SSSR count). The Kier molecular flexibility index (Phi) is 9.83. The summed E-state index contributed by atoms with van der Waals surface area (Å²) in [6, 6.07) is 6.89. The molecule has 0 saturated heterocycles. The van der Waals surface area contributed by atoms with Gasteiger partial charge < -0.3 is 10.1 Å². The standard InChI is InChI=1S/C15H20F2N2O.C2H6/c1-4-5-13(18-3)10-20-14-8-6-12(7-9-14)19-11-15(2,16)17;1-2/h4-9,19H,10-11H2,1-3H3;1-2H3/b5-4-,18-13?;. The molecule has 0 bridgehead atoms. The first-order valence-electron chi connectivity index (χ1n) is 7.37. The van der Waals surface area contributed by atoms with Crippen molar-refractivity contribution < 1.29 is 13.5 Å². The van der Waals surface area contributed by atoms with E-state index in [1.165, 1.54) is 0 Å². The average Bonchev–Trinajstić information content (AvgIpc) is 2.51. The monoisotopic (exact) mass is 312 g/mol. The molecule has 0 spiro atoms. The minimum absolute atomic E-state index is 0.376. The largest absolute Gasteiger partial charge is 0.487 e. The van der Waals surface area contributed by atoms with Crippen LogP contribution in [0.25, 0.3) is 0 Å². The number of allylic oxidation sites excluding steroid dienone is 1. The molecule has 0 heterocycles. The van der Waals surface area contributed by atoms with Crippen LogP contribution in [-0.4, -0.2) is 31.8 Å². The summed E-state index contributed by atoms with van der Waals surface area (Å²) in [4.78, 5) is 4.08. The highest BCUT2D eigenvalue weighted by Crippen LogP contribution is 2.18. The van der Waals surface area contributed by atoms with Gasteiger partial charge in [0.05, 0.1) is 12.3 Å². The van der Waals surface area contributed by atoms with Gasteiger partial charge in [-0.15, -0.1) is 0 Å². The van der Waals surface area contributed by atoms with E-state index in [2.05, 4.69) is 10.3 Å². The van der Waals surface area contributed by atoms with Crippen LogP contribution in [0.2, 0.25) is 0 Å². The maximum absolute atomic E-state index is 12.7. The first kappa shape index (κ1) is 20.1. The molecule has 124 valence electrons. The fourth-order valence-corrected chi connectivity index (χ4v) is 1.46. The molecule has 5 heteroatoms. The van der Waals surface area contributed by atoms with E-state index in [-0.39, 0.29) is 6.54 Å². The van der Waals surface area contributed by atoms with Crippen LogP contribution in [0, 0.1) is 0 Å². The van der Waals surface area contributed by atoms with Crippen molar-refractivity contribution in [2.24, 2.45) is 4.99 Å². The molecule has 0 aliphatic rings. The Bertz CT molecular complexity index is 463.